The highest BCUT2D eigenvalue weighted by Gasteiger charge is 2.21. The Morgan fingerprint density at radius 1 is 1.30 bits per heavy atom. The number of nitrogens with one attached hydrogen (secondary N) is 3. The average Bonchev–Trinajstić information content (AvgIpc) is 2.96. The van der Waals surface area contributed by atoms with Crippen molar-refractivity contribution in [3.05, 3.63) is 41.7 Å². The molecule has 0 aliphatic carbocycles. The van der Waals surface area contributed by atoms with Gasteiger partial charge in [0.25, 0.3) is 0 Å². The summed E-state index contributed by atoms with van der Waals surface area (Å²) in [5.41, 5.74) is 0.481. The Hall–Kier alpha value is -2.97. The standard InChI is InChI=1S/C11H12N6O3/c18-10(19)9(7-4-2-1-3-5-7)13-11(20)12-6-8-14-16-17-15-8/h1-5,9H,6H2,(H,18,19)(H2,12,13,20)(H,14,15,16,17)/t9-/m1/s1. The van der Waals surface area contributed by atoms with Gasteiger partial charge in [0.15, 0.2) is 11.9 Å². The molecule has 0 aliphatic rings. The van der Waals surface area contributed by atoms with Crippen LogP contribution in [-0.2, 0) is 11.3 Å². The summed E-state index contributed by atoms with van der Waals surface area (Å²) in [7, 11) is 0. The summed E-state index contributed by atoms with van der Waals surface area (Å²) in [4.78, 5) is 22.8. The van der Waals surface area contributed by atoms with Crippen LogP contribution < -0.4 is 10.6 Å². The second-order valence-corrected chi connectivity index (χ2v) is 3.84. The molecule has 9 heteroatoms. The third kappa shape index (κ3) is 3.51. The number of benzene rings is 1. The first-order chi connectivity index (χ1) is 9.66. The number of rotatable bonds is 5. The van der Waals surface area contributed by atoms with Crippen LogP contribution >= 0.6 is 0 Å². The number of aromatic nitrogens is 4. The van der Waals surface area contributed by atoms with E-state index in [2.05, 4.69) is 31.3 Å². The zero-order valence-corrected chi connectivity index (χ0v) is 10.3. The summed E-state index contributed by atoms with van der Waals surface area (Å²) in [6.07, 6.45) is 0. The summed E-state index contributed by atoms with van der Waals surface area (Å²) >= 11 is 0. The van der Waals surface area contributed by atoms with Crippen LogP contribution in [0.4, 0.5) is 4.79 Å². The van der Waals surface area contributed by atoms with E-state index in [1.807, 2.05) is 0 Å². The molecule has 0 saturated heterocycles. The monoisotopic (exact) mass is 276 g/mol. The van der Waals surface area contributed by atoms with Crippen LogP contribution in [0.1, 0.15) is 17.4 Å². The second-order valence-electron chi connectivity index (χ2n) is 3.84. The molecule has 1 atom stereocenters. The molecule has 0 fully saturated rings. The van der Waals surface area contributed by atoms with Crippen LogP contribution in [0.3, 0.4) is 0 Å². The smallest absolute Gasteiger partial charge is 0.330 e. The maximum Gasteiger partial charge on any atom is 0.330 e. The third-order valence-corrected chi connectivity index (χ3v) is 2.45. The molecule has 0 radical (unpaired) electrons. The van der Waals surface area contributed by atoms with Gasteiger partial charge < -0.3 is 15.7 Å². The molecule has 1 aromatic carbocycles. The van der Waals surface area contributed by atoms with E-state index in [0.717, 1.165) is 0 Å². The molecular formula is C11H12N6O3. The van der Waals surface area contributed by atoms with Crippen LogP contribution in [0.25, 0.3) is 0 Å². The highest BCUT2D eigenvalue weighted by molar-refractivity contribution is 5.83. The number of hydrogen-bond donors (Lipinski definition) is 4. The van der Waals surface area contributed by atoms with Gasteiger partial charge >= 0.3 is 12.0 Å². The molecule has 20 heavy (non-hydrogen) atoms. The molecule has 0 unspecified atom stereocenters. The van der Waals surface area contributed by atoms with E-state index in [0.29, 0.717) is 11.4 Å². The molecule has 2 aromatic rings. The molecule has 0 aliphatic heterocycles. The Balaban J connectivity index is 1.95. The van der Waals surface area contributed by atoms with Crippen molar-refractivity contribution in [3.63, 3.8) is 0 Å². The van der Waals surface area contributed by atoms with Gasteiger partial charge in [0.2, 0.25) is 0 Å². The van der Waals surface area contributed by atoms with Crippen molar-refractivity contribution in [3.8, 4) is 0 Å². The Bertz CT molecular complexity index is 571. The number of aliphatic carboxylic acids is 1. The van der Waals surface area contributed by atoms with Crippen molar-refractivity contribution < 1.29 is 14.7 Å². The fourth-order valence-corrected chi connectivity index (χ4v) is 1.53. The minimum atomic E-state index is -1.15. The minimum absolute atomic E-state index is 0.0451. The van der Waals surface area contributed by atoms with E-state index in [-0.39, 0.29) is 6.54 Å². The number of carbonyl (C=O) groups excluding carboxylic acids is 1. The Kier molecular flexibility index (Phi) is 4.22. The normalized spacial score (nSPS) is 11.6. The fraction of sp³-hybridized carbons (Fsp3) is 0.182. The summed E-state index contributed by atoms with van der Waals surface area (Å²) < 4.78 is 0. The van der Waals surface area contributed by atoms with E-state index in [4.69, 9.17) is 5.11 Å². The molecule has 1 heterocycles. The zero-order valence-electron chi connectivity index (χ0n) is 10.3. The number of urea groups is 1. The number of amides is 2. The first-order valence-corrected chi connectivity index (χ1v) is 5.71. The van der Waals surface area contributed by atoms with Crippen molar-refractivity contribution in [1.82, 2.24) is 31.3 Å². The summed E-state index contributed by atoms with van der Waals surface area (Å²) in [6, 6.07) is 6.65. The van der Waals surface area contributed by atoms with Gasteiger partial charge in [-0.15, -0.1) is 10.2 Å². The largest absolute Gasteiger partial charge is 0.479 e. The lowest BCUT2D eigenvalue weighted by molar-refractivity contribution is -0.139. The first-order valence-electron chi connectivity index (χ1n) is 5.71. The highest BCUT2D eigenvalue weighted by atomic mass is 16.4. The van der Waals surface area contributed by atoms with Crippen LogP contribution in [0.5, 0.6) is 0 Å². The predicted molar refractivity (Wildman–Crippen MR) is 66.4 cm³/mol. The van der Waals surface area contributed by atoms with Crippen molar-refractivity contribution in [2.24, 2.45) is 0 Å². The van der Waals surface area contributed by atoms with Gasteiger partial charge in [-0.25, -0.2) is 9.59 Å². The fourth-order valence-electron chi connectivity index (χ4n) is 1.53. The lowest BCUT2D eigenvalue weighted by Gasteiger charge is -2.14. The molecule has 0 spiro atoms. The summed E-state index contributed by atoms with van der Waals surface area (Å²) in [5, 5.41) is 26.8. The number of carbonyl (C=O) groups is 2. The molecule has 0 bridgehead atoms. The lowest BCUT2D eigenvalue weighted by atomic mass is 10.1. The molecule has 2 rings (SSSR count). The van der Waals surface area contributed by atoms with Crippen molar-refractivity contribution in [2.75, 3.05) is 0 Å². The number of carboxylic acid groups (broad SMARTS) is 1. The van der Waals surface area contributed by atoms with E-state index in [1.165, 1.54) is 0 Å². The Labute approximate surface area is 113 Å². The highest BCUT2D eigenvalue weighted by Crippen LogP contribution is 2.12. The zero-order chi connectivity index (χ0) is 14.4. The molecule has 4 N–H and O–H groups in total. The molecule has 9 nitrogen and oxygen atoms in total. The van der Waals surface area contributed by atoms with E-state index >= 15 is 0 Å². The number of carboxylic acids is 1. The van der Waals surface area contributed by atoms with Crippen molar-refractivity contribution >= 4 is 12.0 Å². The second kappa shape index (κ2) is 6.27. The van der Waals surface area contributed by atoms with Gasteiger partial charge in [0.1, 0.15) is 0 Å². The Morgan fingerprint density at radius 3 is 2.65 bits per heavy atom. The topological polar surface area (TPSA) is 133 Å². The first kappa shape index (κ1) is 13.5. The van der Waals surface area contributed by atoms with Gasteiger partial charge in [0, 0.05) is 0 Å². The molecule has 104 valence electrons. The van der Waals surface area contributed by atoms with Crippen molar-refractivity contribution in [1.29, 1.82) is 0 Å². The minimum Gasteiger partial charge on any atom is -0.479 e. The Morgan fingerprint density at radius 2 is 2.05 bits per heavy atom. The van der Waals surface area contributed by atoms with E-state index in [9.17, 15) is 9.59 Å². The average molecular weight is 276 g/mol. The quantitative estimate of drug-likeness (QED) is 0.599. The number of tetrazole rings is 1. The lowest BCUT2D eigenvalue weighted by Crippen LogP contribution is -2.40. The summed E-state index contributed by atoms with van der Waals surface area (Å²) in [5.74, 6) is -0.849. The number of hydrogen-bond acceptors (Lipinski definition) is 5. The van der Waals surface area contributed by atoms with Crippen LogP contribution in [0.2, 0.25) is 0 Å². The van der Waals surface area contributed by atoms with Gasteiger partial charge in [-0.2, -0.15) is 5.21 Å². The number of H-pyrrole nitrogens is 1. The van der Waals surface area contributed by atoms with Gasteiger partial charge in [-0.05, 0) is 5.56 Å². The van der Waals surface area contributed by atoms with Crippen LogP contribution in [0, 0.1) is 0 Å². The van der Waals surface area contributed by atoms with Crippen molar-refractivity contribution in [2.45, 2.75) is 12.6 Å². The molecular weight excluding hydrogens is 264 g/mol. The van der Waals surface area contributed by atoms with E-state index in [1.54, 1.807) is 30.3 Å². The van der Waals surface area contributed by atoms with Gasteiger partial charge in [-0.1, -0.05) is 35.5 Å². The van der Waals surface area contributed by atoms with Gasteiger partial charge in [-0.3, -0.25) is 0 Å². The predicted octanol–water partition coefficient (Wildman–Crippen LogP) is -0.175. The van der Waals surface area contributed by atoms with Crippen LogP contribution in [-0.4, -0.2) is 37.7 Å². The maximum absolute atomic E-state index is 11.7. The third-order valence-electron chi connectivity index (χ3n) is 2.45. The molecule has 2 amide bonds. The van der Waals surface area contributed by atoms with E-state index < -0.39 is 18.0 Å². The molecule has 1 aromatic heterocycles. The maximum atomic E-state index is 11.7. The van der Waals surface area contributed by atoms with Crippen LogP contribution in [0.15, 0.2) is 30.3 Å². The molecule has 0 saturated carbocycles. The van der Waals surface area contributed by atoms with Gasteiger partial charge in [0.05, 0.1) is 6.54 Å². The number of aromatic amines is 1. The number of nitrogens with zero attached hydrogens (tertiary/aromatic N) is 3. The summed E-state index contributed by atoms with van der Waals surface area (Å²) in [6.45, 7) is 0.0451. The SMILES string of the molecule is O=C(NCc1nn[nH]n1)N[C@@H](C(=O)O)c1ccccc1.